The van der Waals surface area contributed by atoms with Crippen molar-refractivity contribution in [3.8, 4) is 5.82 Å². The van der Waals surface area contributed by atoms with E-state index in [1.807, 2.05) is 24.3 Å². The number of para-hydroxylation sites is 1. The van der Waals surface area contributed by atoms with Gasteiger partial charge in [-0.15, -0.1) is 5.10 Å². The van der Waals surface area contributed by atoms with Gasteiger partial charge in [0.2, 0.25) is 5.28 Å². The molecule has 0 saturated heterocycles. The third-order valence-corrected chi connectivity index (χ3v) is 2.96. The van der Waals surface area contributed by atoms with Crippen LogP contribution in [-0.4, -0.2) is 19.7 Å². The van der Waals surface area contributed by atoms with Gasteiger partial charge in [0.05, 0.1) is 11.7 Å². The summed E-state index contributed by atoms with van der Waals surface area (Å²) in [6.07, 6.45) is 1.43. The molecule has 0 radical (unpaired) electrons. The molecule has 2 aromatic heterocycles. The first kappa shape index (κ1) is 11.3. The fourth-order valence-corrected chi connectivity index (χ4v) is 2.04. The molecule has 0 unspecified atom stereocenters. The Morgan fingerprint density at radius 1 is 1.17 bits per heavy atom. The molecular formula is C11H7Cl2N5. The predicted molar refractivity (Wildman–Crippen MR) is 71.1 cm³/mol. The number of fused-ring (bicyclic) bond motifs is 1. The van der Waals surface area contributed by atoms with Gasteiger partial charge in [0.1, 0.15) is 5.02 Å². The van der Waals surface area contributed by atoms with Gasteiger partial charge in [0.25, 0.3) is 0 Å². The van der Waals surface area contributed by atoms with E-state index in [0.29, 0.717) is 16.7 Å². The number of rotatable bonds is 1. The van der Waals surface area contributed by atoms with Crippen LogP contribution in [0.4, 0.5) is 5.82 Å². The fraction of sp³-hybridized carbons (Fsp3) is 0. The average molecular weight is 280 g/mol. The zero-order valence-corrected chi connectivity index (χ0v) is 10.5. The summed E-state index contributed by atoms with van der Waals surface area (Å²) < 4.78 is 1.56. The molecule has 2 N–H and O–H groups in total. The lowest BCUT2D eigenvalue weighted by Crippen LogP contribution is -2.02. The standard InChI is InChI=1S/C11H7Cl2N5/c12-7-5-15-11(13)16-10(7)18-8-4-2-1-3-6(8)9(14)17-18/h1-5H,(H2,14,17). The maximum absolute atomic E-state index is 6.06. The van der Waals surface area contributed by atoms with Crippen LogP contribution in [0.3, 0.4) is 0 Å². The first-order valence-electron chi connectivity index (χ1n) is 5.08. The van der Waals surface area contributed by atoms with Crippen molar-refractivity contribution in [1.29, 1.82) is 0 Å². The Kier molecular flexibility index (Phi) is 2.57. The van der Waals surface area contributed by atoms with E-state index in [9.17, 15) is 0 Å². The number of hydrogen-bond acceptors (Lipinski definition) is 4. The zero-order valence-electron chi connectivity index (χ0n) is 9.01. The molecule has 0 aliphatic heterocycles. The van der Waals surface area contributed by atoms with Gasteiger partial charge in [0, 0.05) is 5.39 Å². The molecule has 1 aromatic carbocycles. The van der Waals surface area contributed by atoms with Gasteiger partial charge in [-0.1, -0.05) is 23.7 Å². The van der Waals surface area contributed by atoms with Gasteiger partial charge < -0.3 is 5.73 Å². The van der Waals surface area contributed by atoms with Crippen molar-refractivity contribution in [2.24, 2.45) is 0 Å². The summed E-state index contributed by atoms with van der Waals surface area (Å²) in [7, 11) is 0. The summed E-state index contributed by atoms with van der Waals surface area (Å²) in [5.41, 5.74) is 6.66. The van der Waals surface area contributed by atoms with Gasteiger partial charge in [-0.3, -0.25) is 0 Å². The van der Waals surface area contributed by atoms with E-state index in [1.54, 1.807) is 4.68 Å². The van der Waals surface area contributed by atoms with Crippen molar-refractivity contribution >= 4 is 39.9 Å². The molecular weight excluding hydrogens is 273 g/mol. The summed E-state index contributed by atoms with van der Waals surface area (Å²) >= 11 is 11.8. The fourth-order valence-electron chi connectivity index (χ4n) is 1.74. The van der Waals surface area contributed by atoms with Crippen LogP contribution in [0.25, 0.3) is 16.7 Å². The Bertz CT molecular complexity index is 737. The van der Waals surface area contributed by atoms with Crippen molar-refractivity contribution in [2.75, 3.05) is 5.73 Å². The Hall–Kier alpha value is -1.85. The van der Waals surface area contributed by atoms with Crippen molar-refractivity contribution in [2.45, 2.75) is 0 Å². The SMILES string of the molecule is Nc1nn(-c2nc(Cl)ncc2Cl)c2ccccc12. The van der Waals surface area contributed by atoms with E-state index in [4.69, 9.17) is 28.9 Å². The normalized spacial score (nSPS) is 11.0. The first-order valence-corrected chi connectivity index (χ1v) is 5.84. The minimum absolute atomic E-state index is 0.104. The number of hydrogen-bond donors (Lipinski definition) is 1. The third-order valence-electron chi connectivity index (χ3n) is 2.51. The lowest BCUT2D eigenvalue weighted by molar-refractivity contribution is 0.871. The van der Waals surface area contributed by atoms with Crippen LogP contribution in [0.5, 0.6) is 0 Å². The summed E-state index contributed by atoms with van der Waals surface area (Å²) in [6.45, 7) is 0. The van der Waals surface area contributed by atoms with Crippen LogP contribution in [-0.2, 0) is 0 Å². The van der Waals surface area contributed by atoms with E-state index in [-0.39, 0.29) is 5.28 Å². The van der Waals surface area contributed by atoms with Gasteiger partial charge in [-0.05, 0) is 23.7 Å². The highest BCUT2D eigenvalue weighted by Crippen LogP contribution is 2.26. The zero-order chi connectivity index (χ0) is 12.7. The van der Waals surface area contributed by atoms with Crippen molar-refractivity contribution in [3.63, 3.8) is 0 Å². The molecule has 0 bridgehead atoms. The highest BCUT2D eigenvalue weighted by molar-refractivity contribution is 6.33. The number of anilines is 1. The summed E-state index contributed by atoms with van der Waals surface area (Å²) in [5, 5.41) is 5.52. The molecule has 18 heavy (non-hydrogen) atoms. The van der Waals surface area contributed by atoms with E-state index >= 15 is 0 Å². The maximum atomic E-state index is 6.06. The molecule has 0 saturated carbocycles. The lowest BCUT2D eigenvalue weighted by Gasteiger charge is -2.04. The van der Waals surface area contributed by atoms with Crippen molar-refractivity contribution in [3.05, 3.63) is 40.8 Å². The number of benzene rings is 1. The van der Waals surface area contributed by atoms with E-state index in [0.717, 1.165) is 10.9 Å². The Morgan fingerprint density at radius 3 is 2.78 bits per heavy atom. The second-order valence-electron chi connectivity index (χ2n) is 3.62. The van der Waals surface area contributed by atoms with Crippen LogP contribution in [0.2, 0.25) is 10.3 Å². The second kappa shape index (κ2) is 4.12. The lowest BCUT2D eigenvalue weighted by atomic mass is 10.2. The maximum Gasteiger partial charge on any atom is 0.224 e. The molecule has 0 spiro atoms. The van der Waals surface area contributed by atoms with Gasteiger partial charge in [-0.2, -0.15) is 4.98 Å². The van der Waals surface area contributed by atoms with E-state index < -0.39 is 0 Å². The largest absolute Gasteiger partial charge is 0.382 e. The molecule has 0 fully saturated rings. The quantitative estimate of drug-likeness (QED) is 0.696. The molecule has 0 atom stereocenters. The van der Waals surface area contributed by atoms with E-state index in [1.165, 1.54) is 6.20 Å². The van der Waals surface area contributed by atoms with Crippen molar-refractivity contribution in [1.82, 2.24) is 19.7 Å². The topological polar surface area (TPSA) is 69.6 Å². The van der Waals surface area contributed by atoms with Crippen molar-refractivity contribution < 1.29 is 0 Å². The Morgan fingerprint density at radius 2 is 1.94 bits per heavy atom. The second-order valence-corrected chi connectivity index (χ2v) is 4.37. The molecule has 0 aliphatic rings. The monoisotopic (exact) mass is 279 g/mol. The Balaban J connectivity index is 2.35. The smallest absolute Gasteiger partial charge is 0.224 e. The number of nitrogens with two attached hydrogens (primary N) is 1. The summed E-state index contributed by atoms with van der Waals surface area (Å²) in [4.78, 5) is 7.88. The molecule has 3 aromatic rings. The third kappa shape index (κ3) is 1.68. The summed E-state index contributed by atoms with van der Waals surface area (Å²) in [6, 6.07) is 7.53. The Labute approximate surface area is 112 Å². The van der Waals surface area contributed by atoms with Crippen LogP contribution >= 0.6 is 23.2 Å². The highest BCUT2D eigenvalue weighted by atomic mass is 35.5. The van der Waals surface area contributed by atoms with Crippen LogP contribution < -0.4 is 5.73 Å². The van der Waals surface area contributed by atoms with E-state index in [2.05, 4.69) is 15.1 Å². The van der Waals surface area contributed by atoms with Crippen LogP contribution in [0.1, 0.15) is 0 Å². The molecule has 0 amide bonds. The molecule has 3 rings (SSSR count). The number of nitrogen functional groups attached to an aromatic ring is 1. The number of nitrogens with zero attached hydrogens (tertiary/aromatic N) is 4. The predicted octanol–water partition coefficient (Wildman–Crippen LogP) is 2.70. The average Bonchev–Trinajstić information content (AvgIpc) is 2.71. The van der Waals surface area contributed by atoms with Crippen LogP contribution in [0.15, 0.2) is 30.5 Å². The number of aromatic nitrogens is 4. The molecule has 7 heteroatoms. The van der Waals surface area contributed by atoms with Gasteiger partial charge >= 0.3 is 0 Å². The molecule has 90 valence electrons. The number of halogens is 2. The van der Waals surface area contributed by atoms with Crippen LogP contribution in [0, 0.1) is 0 Å². The minimum atomic E-state index is 0.104. The van der Waals surface area contributed by atoms with Gasteiger partial charge in [0.15, 0.2) is 11.6 Å². The minimum Gasteiger partial charge on any atom is -0.382 e. The molecule has 0 aliphatic carbocycles. The highest BCUT2D eigenvalue weighted by Gasteiger charge is 2.13. The molecule has 2 heterocycles. The van der Waals surface area contributed by atoms with Gasteiger partial charge in [-0.25, -0.2) is 9.67 Å². The first-order chi connectivity index (χ1) is 8.66. The summed E-state index contributed by atoms with van der Waals surface area (Å²) in [5.74, 6) is 0.820. The molecule has 5 nitrogen and oxygen atoms in total.